The lowest BCUT2D eigenvalue weighted by atomic mass is 9.73. The number of aryl methyl sites for hydroxylation is 1. The lowest BCUT2D eigenvalue weighted by Gasteiger charge is -2.39. The van der Waals surface area contributed by atoms with Gasteiger partial charge in [0, 0.05) is 30.7 Å². The van der Waals surface area contributed by atoms with Gasteiger partial charge >= 0.3 is 0 Å². The lowest BCUT2D eigenvalue weighted by Crippen LogP contribution is -2.45. The highest BCUT2D eigenvalue weighted by molar-refractivity contribution is 6.36. The van der Waals surface area contributed by atoms with E-state index in [-0.39, 0.29) is 21.0 Å². The van der Waals surface area contributed by atoms with E-state index in [0.717, 1.165) is 35.8 Å². The van der Waals surface area contributed by atoms with Crippen molar-refractivity contribution < 1.29 is 18.7 Å². The first-order valence-corrected chi connectivity index (χ1v) is 9.77. The Labute approximate surface area is 173 Å². The van der Waals surface area contributed by atoms with Crippen LogP contribution in [0.25, 0.3) is 0 Å². The van der Waals surface area contributed by atoms with E-state index in [1.807, 2.05) is 19.1 Å². The number of hydrogen-bond donors (Lipinski definition) is 1. The first kappa shape index (κ1) is 20.9. The second-order valence-corrected chi connectivity index (χ2v) is 7.84. The van der Waals surface area contributed by atoms with Gasteiger partial charge in [-0.05, 0) is 38.0 Å². The van der Waals surface area contributed by atoms with E-state index >= 15 is 0 Å². The quantitative estimate of drug-likeness (QED) is 0.690. The van der Waals surface area contributed by atoms with Gasteiger partial charge in [-0.15, -0.1) is 0 Å². The predicted molar refractivity (Wildman–Crippen MR) is 108 cm³/mol. The van der Waals surface area contributed by atoms with Gasteiger partial charge in [0.2, 0.25) is 0 Å². The molecule has 0 spiro atoms. The fourth-order valence-corrected chi connectivity index (χ4v) is 4.05. The van der Waals surface area contributed by atoms with Crippen LogP contribution in [-0.4, -0.2) is 32.8 Å². The normalized spacial score (nSPS) is 15.9. The van der Waals surface area contributed by atoms with Crippen molar-refractivity contribution >= 4 is 29.1 Å². The Hall–Kier alpha value is -1.82. The second-order valence-electron chi connectivity index (χ2n) is 7.03. The van der Waals surface area contributed by atoms with E-state index in [1.165, 1.54) is 6.07 Å². The van der Waals surface area contributed by atoms with Gasteiger partial charge in [0.15, 0.2) is 0 Å². The topological polar surface area (TPSA) is 47.6 Å². The summed E-state index contributed by atoms with van der Waals surface area (Å²) < 4.78 is 24.9. The monoisotopic (exact) mass is 425 g/mol. The minimum atomic E-state index is -0.683. The summed E-state index contributed by atoms with van der Waals surface area (Å²) in [7, 11) is 1.63. The smallest absolute Gasteiger partial charge is 0.252 e. The van der Waals surface area contributed by atoms with E-state index in [2.05, 4.69) is 11.4 Å². The van der Waals surface area contributed by atoms with E-state index < -0.39 is 11.7 Å². The highest BCUT2D eigenvalue weighted by Gasteiger charge is 2.37. The molecule has 1 saturated heterocycles. The third-order valence-corrected chi connectivity index (χ3v) is 5.82. The molecule has 1 fully saturated rings. The minimum Gasteiger partial charge on any atom is -0.496 e. The Kier molecular flexibility index (Phi) is 6.48. The fourth-order valence-electron chi connectivity index (χ4n) is 3.58. The summed E-state index contributed by atoms with van der Waals surface area (Å²) in [5, 5.41) is 2.91. The largest absolute Gasteiger partial charge is 0.496 e. The van der Waals surface area contributed by atoms with Crippen LogP contribution in [0.15, 0.2) is 30.3 Å². The van der Waals surface area contributed by atoms with Crippen molar-refractivity contribution in [2.75, 3.05) is 26.9 Å². The van der Waals surface area contributed by atoms with Gasteiger partial charge in [0.25, 0.3) is 5.91 Å². The zero-order valence-electron chi connectivity index (χ0n) is 15.8. The molecule has 0 aliphatic carbocycles. The lowest BCUT2D eigenvalue weighted by molar-refractivity contribution is 0.0479. The summed E-state index contributed by atoms with van der Waals surface area (Å²) in [6.07, 6.45) is 1.46. The molecule has 0 atom stereocenters. The number of carbonyl (C=O) groups is 1. The number of carbonyl (C=O) groups excluding carboxylic acids is 1. The number of hydrogen-bond acceptors (Lipinski definition) is 3. The average Bonchev–Trinajstić information content (AvgIpc) is 2.69. The Balaban J connectivity index is 1.89. The van der Waals surface area contributed by atoms with Crippen molar-refractivity contribution in [3.05, 3.63) is 62.9 Å². The second kappa shape index (κ2) is 8.68. The van der Waals surface area contributed by atoms with E-state index in [0.29, 0.717) is 19.8 Å². The molecule has 0 saturated carbocycles. The molecule has 0 radical (unpaired) electrons. The van der Waals surface area contributed by atoms with Gasteiger partial charge in [-0.25, -0.2) is 4.39 Å². The summed E-state index contributed by atoms with van der Waals surface area (Å²) >= 11 is 11.8. The Morgan fingerprint density at radius 1 is 1.21 bits per heavy atom. The molecule has 1 heterocycles. The van der Waals surface area contributed by atoms with Crippen molar-refractivity contribution in [1.82, 2.24) is 5.32 Å². The molecule has 4 nitrogen and oxygen atoms in total. The Bertz CT molecular complexity index is 882. The fraction of sp³-hybridized carbons (Fsp3) is 0.381. The van der Waals surface area contributed by atoms with Crippen molar-refractivity contribution in [3.63, 3.8) is 0 Å². The molecule has 150 valence electrons. The first-order chi connectivity index (χ1) is 13.4. The predicted octanol–water partition coefficient (Wildman–Crippen LogP) is 4.93. The maximum absolute atomic E-state index is 13.8. The summed E-state index contributed by atoms with van der Waals surface area (Å²) in [4.78, 5) is 12.7. The van der Waals surface area contributed by atoms with Crippen LogP contribution < -0.4 is 10.1 Å². The highest BCUT2D eigenvalue weighted by atomic mass is 35.5. The third-order valence-electron chi connectivity index (χ3n) is 5.22. The van der Waals surface area contributed by atoms with Gasteiger partial charge in [-0.2, -0.15) is 0 Å². The van der Waals surface area contributed by atoms with Crippen LogP contribution in [0.2, 0.25) is 10.0 Å². The van der Waals surface area contributed by atoms with Crippen LogP contribution in [-0.2, 0) is 10.2 Å². The molecule has 2 aromatic carbocycles. The van der Waals surface area contributed by atoms with Crippen LogP contribution in [0.3, 0.4) is 0 Å². The zero-order valence-corrected chi connectivity index (χ0v) is 17.3. The van der Waals surface area contributed by atoms with Crippen molar-refractivity contribution in [2.24, 2.45) is 0 Å². The molecule has 1 amide bonds. The molecule has 0 unspecified atom stereocenters. The molecule has 0 aromatic heterocycles. The van der Waals surface area contributed by atoms with Gasteiger partial charge in [-0.3, -0.25) is 4.79 Å². The SMILES string of the molecule is COc1ccc(C)cc1C1(CNC(=O)c2cc(F)c(Cl)cc2Cl)CCOCC1. The van der Waals surface area contributed by atoms with Crippen LogP contribution in [0.5, 0.6) is 5.75 Å². The molecule has 2 aromatic rings. The molecular weight excluding hydrogens is 404 g/mol. The van der Waals surface area contributed by atoms with Crippen LogP contribution in [0.1, 0.15) is 34.3 Å². The number of benzene rings is 2. The number of halogens is 3. The molecule has 7 heteroatoms. The molecule has 0 bridgehead atoms. The molecule has 1 N–H and O–H groups in total. The van der Waals surface area contributed by atoms with Crippen molar-refractivity contribution in [3.8, 4) is 5.75 Å². The molecule has 1 aliphatic rings. The number of ether oxygens (including phenoxy) is 2. The standard InChI is InChI=1S/C21H22Cl2FNO3/c1-13-3-4-19(27-2)15(9-13)21(5-7-28-8-6-21)12-25-20(26)14-10-18(24)17(23)11-16(14)22/h3-4,9-11H,5-8,12H2,1-2H3,(H,25,26). The average molecular weight is 426 g/mol. The van der Waals surface area contributed by atoms with Crippen LogP contribution >= 0.6 is 23.2 Å². The summed E-state index contributed by atoms with van der Waals surface area (Å²) in [6.45, 7) is 3.55. The van der Waals surface area contributed by atoms with Gasteiger partial charge in [-0.1, -0.05) is 40.9 Å². The van der Waals surface area contributed by atoms with Crippen molar-refractivity contribution in [2.45, 2.75) is 25.2 Å². The van der Waals surface area contributed by atoms with Crippen LogP contribution in [0.4, 0.5) is 4.39 Å². The maximum Gasteiger partial charge on any atom is 0.252 e. The van der Waals surface area contributed by atoms with Gasteiger partial charge in [0.05, 0.1) is 22.7 Å². The summed E-state index contributed by atoms with van der Waals surface area (Å²) in [6, 6.07) is 8.32. The van der Waals surface area contributed by atoms with E-state index in [1.54, 1.807) is 7.11 Å². The maximum atomic E-state index is 13.8. The summed E-state index contributed by atoms with van der Waals surface area (Å²) in [5.41, 5.74) is 1.85. The zero-order chi connectivity index (χ0) is 20.3. The molecule has 1 aliphatic heterocycles. The third kappa shape index (κ3) is 4.27. The Morgan fingerprint density at radius 3 is 2.61 bits per heavy atom. The molecular formula is C21H22Cl2FNO3. The van der Waals surface area contributed by atoms with E-state index in [4.69, 9.17) is 32.7 Å². The number of nitrogens with one attached hydrogen (secondary N) is 1. The van der Waals surface area contributed by atoms with E-state index in [9.17, 15) is 9.18 Å². The number of rotatable bonds is 5. The minimum absolute atomic E-state index is 0.0574. The summed E-state index contributed by atoms with van der Waals surface area (Å²) in [5.74, 6) is -0.354. The molecule has 28 heavy (non-hydrogen) atoms. The van der Waals surface area contributed by atoms with Crippen LogP contribution in [0, 0.1) is 12.7 Å². The first-order valence-electron chi connectivity index (χ1n) is 9.02. The van der Waals surface area contributed by atoms with Gasteiger partial charge < -0.3 is 14.8 Å². The Morgan fingerprint density at radius 2 is 1.93 bits per heavy atom. The van der Waals surface area contributed by atoms with Crippen molar-refractivity contribution in [1.29, 1.82) is 0 Å². The molecule has 3 rings (SSSR count). The van der Waals surface area contributed by atoms with Gasteiger partial charge in [0.1, 0.15) is 11.6 Å². The highest BCUT2D eigenvalue weighted by Crippen LogP contribution is 2.40. The number of methoxy groups -OCH3 is 1. The number of amides is 1.